The molecule has 5 N–H and O–H groups in total. The normalized spacial score (nSPS) is 15.5. The number of aliphatic hydroxyl groups is 1. The fraction of sp³-hybridized carbons (Fsp3) is 0.423. The number of carboxylic acid groups (broad SMARTS) is 1. The van der Waals surface area contributed by atoms with Gasteiger partial charge in [0.2, 0.25) is 17.7 Å². The zero-order valence-corrected chi connectivity index (χ0v) is 20.1. The summed E-state index contributed by atoms with van der Waals surface area (Å²) in [4.78, 5) is 59.0. The molecule has 0 aromatic heterocycles. The molecule has 194 valence electrons. The molecule has 0 saturated carbocycles. The van der Waals surface area contributed by atoms with E-state index in [1.807, 2.05) is 0 Å². The van der Waals surface area contributed by atoms with Gasteiger partial charge in [-0.3, -0.25) is 19.2 Å². The largest absolute Gasteiger partial charge is 0.480 e. The van der Waals surface area contributed by atoms with E-state index in [0.717, 1.165) is 24.8 Å². The van der Waals surface area contributed by atoms with E-state index < -0.39 is 36.5 Å². The number of carboxylic acids is 1. The molecule has 0 radical (unpaired) electrons. The van der Waals surface area contributed by atoms with Crippen LogP contribution in [-0.2, 0) is 30.4 Å². The number of hydrogen-bond acceptors (Lipinski definition) is 6. The van der Waals surface area contributed by atoms with Crippen LogP contribution < -0.4 is 16.0 Å². The van der Waals surface area contributed by atoms with E-state index in [2.05, 4.69) is 16.0 Å². The summed E-state index contributed by atoms with van der Waals surface area (Å²) in [6.07, 6.45) is 7.63. The van der Waals surface area contributed by atoms with E-state index in [4.69, 9.17) is 0 Å². The maximum atomic E-state index is 12.0. The first-order chi connectivity index (χ1) is 17.2. The Kier molecular flexibility index (Phi) is 12.1. The molecular formula is C26H33N3O7. The average molecular weight is 500 g/mol. The van der Waals surface area contributed by atoms with Gasteiger partial charge in [-0.05, 0) is 48.6 Å². The highest BCUT2D eigenvalue weighted by Crippen LogP contribution is 2.16. The van der Waals surface area contributed by atoms with Crippen molar-refractivity contribution in [2.45, 2.75) is 57.1 Å². The summed E-state index contributed by atoms with van der Waals surface area (Å²) in [5.74, 6) is -2.75. The Morgan fingerprint density at radius 1 is 0.889 bits per heavy atom. The monoisotopic (exact) mass is 499 g/mol. The lowest BCUT2D eigenvalue weighted by atomic mass is 9.97. The summed E-state index contributed by atoms with van der Waals surface area (Å²) in [5.41, 5.74) is 1.36. The topological polar surface area (TPSA) is 162 Å². The van der Waals surface area contributed by atoms with Crippen molar-refractivity contribution >= 4 is 29.5 Å². The second-order valence-electron chi connectivity index (χ2n) is 8.52. The van der Waals surface area contributed by atoms with Gasteiger partial charge >= 0.3 is 5.97 Å². The molecule has 1 aromatic rings. The van der Waals surface area contributed by atoms with Gasteiger partial charge < -0.3 is 26.2 Å². The molecule has 1 aliphatic rings. The molecule has 0 bridgehead atoms. The molecule has 10 heteroatoms. The van der Waals surface area contributed by atoms with Gasteiger partial charge in [-0.1, -0.05) is 43.2 Å². The van der Waals surface area contributed by atoms with Crippen molar-refractivity contribution in [1.82, 2.24) is 16.0 Å². The molecule has 0 fully saturated rings. The van der Waals surface area contributed by atoms with E-state index in [1.165, 1.54) is 12.2 Å². The number of rotatable bonds is 15. The van der Waals surface area contributed by atoms with Crippen molar-refractivity contribution in [2.24, 2.45) is 0 Å². The molecule has 0 spiro atoms. The highest BCUT2D eigenvalue weighted by atomic mass is 16.4. The summed E-state index contributed by atoms with van der Waals surface area (Å²) in [6.45, 7) is -0.691. The Morgan fingerprint density at radius 2 is 1.56 bits per heavy atom. The average Bonchev–Trinajstić information content (AvgIpc) is 2.85. The smallest absolute Gasteiger partial charge is 0.326 e. The molecule has 0 aliphatic heterocycles. The molecule has 1 aliphatic carbocycles. The van der Waals surface area contributed by atoms with Crippen LogP contribution >= 0.6 is 0 Å². The van der Waals surface area contributed by atoms with Crippen molar-refractivity contribution in [3.8, 4) is 0 Å². The van der Waals surface area contributed by atoms with Gasteiger partial charge in [0.1, 0.15) is 6.04 Å². The van der Waals surface area contributed by atoms with Crippen LogP contribution in [0.2, 0.25) is 0 Å². The van der Waals surface area contributed by atoms with Crippen molar-refractivity contribution in [3.63, 3.8) is 0 Å². The van der Waals surface area contributed by atoms with Crippen LogP contribution in [0.4, 0.5) is 0 Å². The van der Waals surface area contributed by atoms with Gasteiger partial charge in [0.15, 0.2) is 5.78 Å². The molecule has 1 unspecified atom stereocenters. The zero-order chi connectivity index (χ0) is 26.3. The first-order valence-corrected chi connectivity index (χ1v) is 12.0. The molecule has 3 amide bonds. The predicted octanol–water partition coefficient (Wildman–Crippen LogP) is 0.798. The summed E-state index contributed by atoms with van der Waals surface area (Å²) in [7, 11) is 0. The van der Waals surface area contributed by atoms with Crippen LogP contribution in [0.3, 0.4) is 0 Å². The van der Waals surface area contributed by atoms with E-state index in [0.29, 0.717) is 18.4 Å². The van der Waals surface area contributed by atoms with Crippen LogP contribution in [0.1, 0.15) is 44.1 Å². The van der Waals surface area contributed by atoms with Crippen LogP contribution in [0.5, 0.6) is 0 Å². The minimum atomic E-state index is -1.18. The third-order valence-corrected chi connectivity index (χ3v) is 5.54. The standard InChI is InChI=1S/C26H33N3O7/c30-20-12-13-22(31)19(15-20)10-6-1-2-7-11-23(32)27-16-24(33)28-17-25(34)29-21(26(35)36)14-18-8-4-3-5-9-18/h3-5,8-9,12-13,15,20-21,30H,1-2,6-7,10-11,14,16-17H2,(H,27,32)(H,28,33)(H,29,34)(H,35,36)/t20?,21-/m0/s1. The third-order valence-electron chi connectivity index (χ3n) is 5.54. The summed E-state index contributed by atoms with van der Waals surface area (Å²) >= 11 is 0. The minimum absolute atomic E-state index is 0.0793. The van der Waals surface area contributed by atoms with Crippen molar-refractivity contribution in [1.29, 1.82) is 0 Å². The minimum Gasteiger partial charge on any atom is -0.480 e. The van der Waals surface area contributed by atoms with Gasteiger partial charge in [-0.15, -0.1) is 0 Å². The number of hydrogen-bond donors (Lipinski definition) is 5. The molecule has 2 rings (SSSR count). The van der Waals surface area contributed by atoms with E-state index in [-0.39, 0.29) is 31.1 Å². The number of carbonyl (C=O) groups is 5. The number of ketones is 1. The quantitative estimate of drug-likeness (QED) is 0.223. The van der Waals surface area contributed by atoms with E-state index in [1.54, 1.807) is 36.4 Å². The van der Waals surface area contributed by atoms with Crippen LogP contribution in [0.15, 0.2) is 54.1 Å². The molecule has 0 heterocycles. The Balaban J connectivity index is 1.54. The lowest BCUT2D eigenvalue weighted by Crippen LogP contribution is -2.47. The molecule has 10 nitrogen and oxygen atoms in total. The fourth-order valence-electron chi connectivity index (χ4n) is 3.60. The Labute approximate surface area is 209 Å². The highest BCUT2D eigenvalue weighted by Gasteiger charge is 2.20. The van der Waals surface area contributed by atoms with Crippen molar-refractivity contribution in [3.05, 3.63) is 59.7 Å². The van der Waals surface area contributed by atoms with Gasteiger partial charge in [-0.2, -0.15) is 0 Å². The maximum Gasteiger partial charge on any atom is 0.326 e. The van der Waals surface area contributed by atoms with Crippen molar-refractivity contribution in [2.75, 3.05) is 13.1 Å². The number of aliphatic hydroxyl groups excluding tert-OH is 1. The number of amides is 3. The maximum absolute atomic E-state index is 12.0. The van der Waals surface area contributed by atoms with Gasteiger partial charge in [0.25, 0.3) is 0 Å². The lowest BCUT2D eigenvalue weighted by Gasteiger charge is -2.15. The zero-order valence-electron chi connectivity index (χ0n) is 20.1. The van der Waals surface area contributed by atoms with E-state index in [9.17, 15) is 34.2 Å². The summed E-state index contributed by atoms with van der Waals surface area (Å²) in [5, 5.41) is 26.1. The fourth-order valence-corrected chi connectivity index (χ4v) is 3.60. The van der Waals surface area contributed by atoms with Crippen molar-refractivity contribution < 1.29 is 34.2 Å². The van der Waals surface area contributed by atoms with Gasteiger partial charge in [0, 0.05) is 12.8 Å². The number of nitrogens with one attached hydrogen (secondary N) is 3. The third kappa shape index (κ3) is 11.1. The van der Waals surface area contributed by atoms with E-state index >= 15 is 0 Å². The number of benzene rings is 1. The Bertz CT molecular complexity index is 989. The van der Waals surface area contributed by atoms with Crippen LogP contribution in [0.25, 0.3) is 0 Å². The molecule has 0 saturated heterocycles. The Morgan fingerprint density at radius 3 is 2.28 bits per heavy atom. The number of allylic oxidation sites excluding steroid dienone is 2. The number of unbranched alkanes of at least 4 members (excludes halogenated alkanes) is 3. The SMILES string of the molecule is O=C(CCCCCCC1=CC(O)C=CC1=O)NCC(=O)NCC(=O)N[C@@H](Cc1ccccc1)C(=O)O. The second-order valence-corrected chi connectivity index (χ2v) is 8.52. The highest BCUT2D eigenvalue weighted by molar-refractivity contribution is 6.05. The van der Waals surface area contributed by atoms with Gasteiger partial charge in [0.05, 0.1) is 19.2 Å². The molecule has 2 atom stereocenters. The first kappa shape index (κ1) is 28.4. The second kappa shape index (κ2) is 15.3. The summed E-state index contributed by atoms with van der Waals surface area (Å²) < 4.78 is 0. The first-order valence-electron chi connectivity index (χ1n) is 12.0. The molecule has 1 aromatic carbocycles. The predicted molar refractivity (Wildman–Crippen MR) is 132 cm³/mol. The number of carbonyl (C=O) groups excluding carboxylic acids is 4. The summed E-state index contributed by atoms with van der Waals surface area (Å²) in [6, 6.07) is 7.74. The molecular weight excluding hydrogens is 466 g/mol. The van der Waals surface area contributed by atoms with Crippen LogP contribution in [-0.4, -0.2) is 64.9 Å². The Hall–Kier alpha value is -3.79. The number of aliphatic carboxylic acids is 1. The van der Waals surface area contributed by atoms with Crippen LogP contribution in [0, 0.1) is 0 Å². The molecule has 36 heavy (non-hydrogen) atoms. The lowest BCUT2D eigenvalue weighted by molar-refractivity contribution is -0.141. The van der Waals surface area contributed by atoms with Gasteiger partial charge in [-0.25, -0.2) is 4.79 Å².